The first-order chi connectivity index (χ1) is 8.24. The minimum Gasteiger partial charge on any atom is -0.378 e. The van der Waals surface area contributed by atoms with Crippen LogP contribution in [0.2, 0.25) is 0 Å². The Bertz CT molecular complexity index is 532. The molecule has 1 heterocycles. The fourth-order valence-corrected chi connectivity index (χ4v) is 2.48. The van der Waals surface area contributed by atoms with Crippen LogP contribution >= 0.6 is 0 Å². The number of anilines is 1. The highest BCUT2D eigenvalue weighted by molar-refractivity contribution is 5.58. The Balaban J connectivity index is 1.91. The molecule has 1 N–H and O–H groups in total. The van der Waals surface area contributed by atoms with E-state index in [-0.39, 0.29) is 0 Å². The van der Waals surface area contributed by atoms with E-state index in [0.29, 0.717) is 6.04 Å². The average molecular weight is 223 g/mol. The van der Waals surface area contributed by atoms with Gasteiger partial charge in [-0.05, 0) is 48.6 Å². The molecular weight excluding hydrogens is 206 g/mol. The molecule has 1 heteroatoms. The second-order valence-electron chi connectivity index (χ2n) is 4.90. The van der Waals surface area contributed by atoms with Crippen molar-refractivity contribution in [2.24, 2.45) is 0 Å². The molecule has 2 aromatic carbocycles. The van der Waals surface area contributed by atoms with E-state index in [4.69, 9.17) is 0 Å². The first-order valence-corrected chi connectivity index (χ1v) is 6.15. The van der Waals surface area contributed by atoms with Gasteiger partial charge in [0, 0.05) is 5.69 Å². The number of hydrogen-bond acceptors (Lipinski definition) is 1. The van der Waals surface area contributed by atoms with Gasteiger partial charge in [0.15, 0.2) is 0 Å². The lowest BCUT2D eigenvalue weighted by atomic mass is 9.99. The Labute approximate surface area is 102 Å². The number of aryl methyl sites for hydroxylation is 2. The van der Waals surface area contributed by atoms with Crippen molar-refractivity contribution in [3.63, 3.8) is 0 Å². The molecule has 17 heavy (non-hydrogen) atoms. The van der Waals surface area contributed by atoms with Gasteiger partial charge in [0.2, 0.25) is 0 Å². The molecule has 0 aromatic heterocycles. The fourth-order valence-electron chi connectivity index (χ4n) is 2.48. The molecule has 0 saturated carbocycles. The Hall–Kier alpha value is -1.76. The van der Waals surface area contributed by atoms with Gasteiger partial charge < -0.3 is 5.32 Å². The molecular formula is C16H17N. The van der Waals surface area contributed by atoms with Crippen molar-refractivity contribution in [2.45, 2.75) is 26.3 Å². The summed E-state index contributed by atoms with van der Waals surface area (Å²) < 4.78 is 0. The standard InChI is InChI=1S/C16H17N/c1-11-7-8-14(9-12(11)2)16-10-13-5-3-4-6-15(13)17-16/h3-9,16-17H,10H2,1-2H3. The summed E-state index contributed by atoms with van der Waals surface area (Å²) in [7, 11) is 0. The SMILES string of the molecule is Cc1ccc(C2Cc3ccccc3N2)cc1C. The summed E-state index contributed by atoms with van der Waals surface area (Å²) in [6.45, 7) is 4.34. The van der Waals surface area contributed by atoms with E-state index in [9.17, 15) is 0 Å². The Kier molecular flexibility index (Phi) is 2.40. The smallest absolute Gasteiger partial charge is 0.0555 e. The quantitative estimate of drug-likeness (QED) is 0.770. The first-order valence-electron chi connectivity index (χ1n) is 6.15. The average Bonchev–Trinajstić information content (AvgIpc) is 2.76. The van der Waals surface area contributed by atoms with E-state index in [1.165, 1.54) is 27.9 Å². The van der Waals surface area contributed by atoms with Crippen LogP contribution in [0.1, 0.15) is 28.3 Å². The molecule has 1 unspecified atom stereocenters. The van der Waals surface area contributed by atoms with Crippen molar-refractivity contribution in [3.05, 3.63) is 64.7 Å². The van der Waals surface area contributed by atoms with Gasteiger partial charge >= 0.3 is 0 Å². The van der Waals surface area contributed by atoms with Crippen LogP contribution in [0.5, 0.6) is 0 Å². The van der Waals surface area contributed by atoms with Crippen molar-refractivity contribution in [3.8, 4) is 0 Å². The number of benzene rings is 2. The van der Waals surface area contributed by atoms with Gasteiger partial charge in [0.25, 0.3) is 0 Å². The zero-order chi connectivity index (χ0) is 11.8. The number of nitrogens with one attached hydrogen (secondary N) is 1. The summed E-state index contributed by atoms with van der Waals surface area (Å²) in [5.74, 6) is 0. The van der Waals surface area contributed by atoms with Crippen molar-refractivity contribution in [2.75, 3.05) is 5.32 Å². The maximum absolute atomic E-state index is 3.60. The van der Waals surface area contributed by atoms with Crippen LogP contribution < -0.4 is 5.32 Å². The Morgan fingerprint density at radius 1 is 1.00 bits per heavy atom. The largest absolute Gasteiger partial charge is 0.378 e. The molecule has 1 aliphatic rings. The van der Waals surface area contributed by atoms with Crippen LogP contribution in [-0.4, -0.2) is 0 Å². The lowest BCUT2D eigenvalue weighted by molar-refractivity contribution is 0.822. The summed E-state index contributed by atoms with van der Waals surface area (Å²) in [4.78, 5) is 0. The number of fused-ring (bicyclic) bond motifs is 1. The molecule has 86 valence electrons. The van der Waals surface area contributed by atoms with Crippen molar-refractivity contribution in [1.29, 1.82) is 0 Å². The highest BCUT2D eigenvalue weighted by atomic mass is 14.9. The summed E-state index contributed by atoms with van der Waals surface area (Å²) in [6, 6.07) is 15.8. The maximum Gasteiger partial charge on any atom is 0.0555 e. The summed E-state index contributed by atoms with van der Waals surface area (Å²) in [6.07, 6.45) is 1.10. The normalized spacial score (nSPS) is 17.6. The summed E-state index contributed by atoms with van der Waals surface area (Å²) in [5.41, 5.74) is 6.85. The van der Waals surface area contributed by atoms with E-state index in [1.807, 2.05) is 0 Å². The summed E-state index contributed by atoms with van der Waals surface area (Å²) in [5, 5.41) is 3.60. The molecule has 0 radical (unpaired) electrons. The van der Waals surface area contributed by atoms with E-state index in [1.54, 1.807) is 0 Å². The van der Waals surface area contributed by atoms with Crippen LogP contribution in [0, 0.1) is 13.8 Å². The molecule has 0 spiro atoms. The van der Waals surface area contributed by atoms with E-state index >= 15 is 0 Å². The van der Waals surface area contributed by atoms with Gasteiger partial charge in [-0.2, -0.15) is 0 Å². The molecule has 0 fully saturated rings. The van der Waals surface area contributed by atoms with Crippen molar-refractivity contribution >= 4 is 5.69 Å². The molecule has 0 aliphatic carbocycles. The number of hydrogen-bond donors (Lipinski definition) is 1. The van der Waals surface area contributed by atoms with E-state index < -0.39 is 0 Å². The monoisotopic (exact) mass is 223 g/mol. The van der Waals surface area contributed by atoms with Crippen molar-refractivity contribution < 1.29 is 0 Å². The predicted molar refractivity (Wildman–Crippen MR) is 72.4 cm³/mol. The minimum atomic E-state index is 0.437. The van der Waals surface area contributed by atoms with Crippen molar-refractivity contribution in [1.82, 2.24) is 0 Å². The zero-order valence-electron chi connectivity index (χ0n) is 10.3. The Morgan fingerprint density at radius 2 is 1.82 bits per heavy atom. The highest BCUT2D eigenvalue weighted by Gasteiger charge is 2.21. The second-order valence-corrected chi connectivity index (χ2v) is 4.90. The molecule has 0 amide bonds. The lowest BCUT2D eigenvalue weighted by Crippen LogP contribution is -2.06. The zero-order valence-corrected chi connectivity index (χ0v) is 10.3. The topological polar surface area (TPSA) is 12.0 Å². The van der Waals surface area contributed by atoms with Gasteiger partial charge in [-0.1, -0.05) is 36.4 Å². The molecule has 1 atom stereocenters. The van der Waals surface area contributed by atoms with Gasteiger partial charge in [0.1, 0.15) is 0 Å². The summed E-state index contributed by atoms with van der Waals surface area (Å²) >= 11 is 0. The fraction of sp³-hybridized carbons (Fsp3) is 0.250. The highest BCUT2D eigenvalue weighted by Crippen LogP contribution is 2.34. The molecule has 1 nitrogen and oxygen atoms in total. The van der Waals surface area contributed by atoms with Crippen LogP contribution in [0.25, 0.3) is 0 Å². The molecule has 3 rings (SSSR count). The van der Waals surface area contributed by atoms with Crippen LogP contribution in [0.15, 0.2) is 42.5 Å². The third kappa shape index (κ3) is 1.82. The molecule has 0 saturated heterocycles. The molecule has 0 bridgehead atoms. The third-order valence-corrected chi connectivity index (χ3v) is 3.70. The third-order valence-electron chi connectivity index (χ3n) is 3.70. The second kappa shape index (κ2) is 3.92. The number of para-hydroxylation sites is 1. The van der Waals surface area contributed by atoms with Crippen LogP contribution in [-0.2, 0) is 6.42 Å². The Morgan fingerprint density at radius 3 is 2.59 bits per heavy atom. The predicted octanol–water partition coefficient (Wildman–Crippen LogP) is 4.01. The van der Waals surface area contributed by atoms with Crippen LogP contribution in [0.4, 0.5) is 5.69 Å². The number of rotatable bonds is 1. The van der Waals surface area contributed by atoms with Crippen LogP contribution in [0.3, 0.4) is 0 Å². The minimum absolute atomic E-state index is 0.437. The van der Waals surface area contributed by atoms with E-state index in [0.717, 1.165) is 6.42 Å². The van der Waals surface area contributed by atoms with E-state index in [2.05, 4.69) is 61.6 Å². The lowest BCUT2D eigenvalue weighted by Gasteiger charge is -2.13. The first kappa shape index (κ1) is 10.4. The van der Waals surface area contributed by atoms with Gasteiger partial charge in [-0.3, -0.25) is 0 Å². The molecule has 2 aromatic rings. The van der Waals surface area contributed by atoms with Gasteiger partial charge in [0.05, 0.1) is 6.04 Å². The van der Waals surface area contributed by atoms with Gasteiger partial charge in [-0.15, -0.1) is 0 Å². The molecule has 1 aliphatic heterocycles. The maximum atomic E-state index is 3.60. The van der Waals surface area contributed by atoms with Gasteiger partial charge in [-0.25, -0.2) is 0 Å².